The lowest BCUT2D eigenvalue weighted by Gasteiger charge is -2.18. The Morgan fingerprint density at radius 1 is 0.356 bits per heavy atom. The topological polar surface area (TPSA) is 78.9 Å². The zero-order valence-electron chi connectivity index (χ0n) is 40.4. The number of esters is 3. The van der Waals surface area contributed by atoms with Crippen molar-refractivity contribution in [3.63, 3.8) is 0 Å². The van der Waals surface area contributed by atoms with E-state index >= 15 is 0 Å². The molecule has 0 aromatic heterocycles. The maximum atomic E-state index is 12.8. The molecule has 0 radical (unpaired) electrons. The van der Waals surface area contributed by atoms with Crippen LogP contribution < -0.4 is 0 Å². The first-order valence-electron chi connectivity index (χ1n) is 26.3. The third-order valence-corrected chi connectivity index (χ3v) is 12.3. The molecule has 59 heavy (non-hydrogen) atoms. The van der Waals surface area contributed by atoms with Crippen molar-refractivity contribution in [1.82, 2.24) is 0 Å². The molecule has 0 aromatic rings. The molecule has 0 rings (SSSR count). The Morgan fingerprint density at radius 2 is 0.644 bits per heavy atom. The Bertz CT molecular complexity index is 902. The Morgan fingerprint density at radius 3 is 0.966 bits per heavy atom. The van der Waals surface area contributed by atoms with Crippen LogP contribution in [0.5, 0.6) is 0 Å². The second-order valence-corrected chi connectivity index (χ2v) is 18.9. The molecule has 6 heteroatoms. The molecule has 0 aliphatic rings. The summed E-state index contributed by atoms with van der Waals surface area (Å²) in [4.78, 5) is 37.9. The maximum absolute atomic E-state index is 12.8. The fourth-order valence-electron chi connectivity index (χ4n) is 7.96. The highest BCUT2D eigenvalue weighted by atomic mass is 16.6. The summed E-state index contributed by atoms with van der Waals surface area (Å²) in [7, 11) is 0. The molecular weight excluding hydrogens is 733 g/mol. The van der Waals surface area contributed by atoms with Gasteiger partial charge in [0, 0.05) is 19.3 Å². The summed E-state index contributed by atoms with van der Waals surface area (Å²) >= 11 is 0. The van der Waals surface area contributed by atoms with E-state index in [-0.39, 0.29) is 31.1 Å². The van der Waals surface area contributed by atoms with Crippen molar-refractivity contribution in [1.29, 1.82) is 0 Å². The zero-order valence-corrected chi connectivity index (χ0v) is 40.4. The Hall–Kier alpha value is -1.59. The normalized spacial score (nSPS) is 12.5. The molecule has 6 nitrogen and oxygen atoms in total. The van der Waals surface area contributed by atoms with E-state index in [1.807, 2.05) is 0 Å². The van der Waals surface area contributed by atoms with Gasteiger partial charge in [-0.05, 0) is 31.1 Å². The van der Waals surface area contributed by atoms with Crippen molar-refractivity contribution in [2.24, 2.45) is 11.8 Å². The molecule has 0 fully saturated rings. The lowest BCUT2D eigenvalue weighted by Crippen LogP contribution is -2.30. The van der Waals surface area contributed by atoms with E-state index in [0.29, 0.717) is 19.3 Å². The Kier molecular flexibility index (Phi) is 44.7. The molecule has 0 saturated heterocycles. The van der Waals surface area contributed by atoms with E-state index in [1.54, 1.807) is 0 Å². The van der Waals surface area contributed by atoms with E-state index < -0.39 is 6.10 Å². The molecule has 0 N–H and O–H groups in total. The Labute approximate surface area is 368 Å². The van der Waals surface area contributed by atoms with Crippen LogP contribution in [0.4, 0.5) is 0 Å². The van der Waals surface area contributed by atoms with Gasteiger partial charge in [-0.15, -0.1) is 0 Å². The zero-order chi connectivity index (χ0) is 43.3. The van der Waals surface area contributed by atoms with Gasteiger partial charge in [0.2, 0.25) is 0 Å². The third kappa shape index (κ3) is 45.8. The average Bonchev–Trinajstić information content (AvgIpc) is 3.22. The summed E-state index contributed by atoms with van der Waals surface area (Å²) in [5.74, 6) is 0.827. The number of carbonyl (C=O) groups excluding carboxylic acids is 3. The van der Waals surface area contributed by atoms with Gasteiger partial charge in [-0.1, -0.05) is 253 Å². The van der Waals surface area contributed by atoms with Crippen molar-refractivity contribution in [3.8, 4) is 0 Å². The molecule has 0 heterocycles. The van der Waals surface area contributed by atoms with Gasteiger partial charge >= 0.3 is 17.9 Å². The molecule has 0 aliphatic heterocycles. The minimum absolute atomic E-state index is 0.0640. The minimum Gasteiger partial charge on any atom is -0.462 e. The van der Waals surface area contributed by atoms with Gasteiger partial charge in [0.05, 0.1) is 0 Å². The number of rotatable bonds is 47. The molecule has 1 unspecified atom stereocenters. The SMILES string of the molecule is CCCCCCCCCCCCCCCC(=O)O[C@H](COC(=O)CCCCCCCCCCCCCCCCC(C)CC)COC(=O)CCCCCCCCCC(C)C. The molecule has 0 saturated carbocycles. The summed E-state index contributed by atoms with van der Waals surface area (Å²) in [6.07, 6.45) is 46.6. The number of hydrogen-bond donors (Lipinski definition) is 0. The molecule has 350 valence electrons. The van der Waals surface area contributed by atoms with Gasteiger partial charge in [0.1, 0.15) is 13.2 Å². The minimum atomic E-state index is -0.761. The predicted molar refractivity (Wildman–Crippen MR) is 252 cm³/mol. The van der Waals surface area contributed by atoms with Gasteiger partial charge < -0.3 is 14.2 Å². The van der Waals surface area contributed by atoms with Crippen molar-refractivity contribution in [2.75, 3.05) is 13.2 Å². The van der Waals surface area contributed by atoms with Crippen LogP contribution in [0.15, 0.2) is 0 Å². The predicted octanol–water partition coefficient (Wildman–Crippen LogP) is 16.9. The largest absolute Gasteiger partial charge is 0.462 e. The van der Waals surface area contributed by atoms with Gasteiger partial charge in [-0.2, -0.15) is 0 Å². The summed E-state index contributed by atoms with van der Waals surface area (Å²) < 4.78 is 16.8. The first-order valence-corrected chi connectivity index (χ1v) is 26.3. The lowest BCUT2D eigenvalue weighted by atomic mass is 9.99. The quantitative estimate of drug-likeness (QED) is 0.0345. The third-order valence-electron chi connectivity index (χ3n) is 12.3. The Balaban J connectivity index is 4.26. The van der Waals surface area contributed by atoms with Gasteiger partial charge in [0.15, 0.2) is 6.10 Å². The summed E-state index contributed by atoms with van der Waals surface area (Å²) in [5.41, 5.74) is 0. The highest BCUT2D eigenvalue weighted by Crippen LogP contribution is 2.18. The highest BCUT2D eigenvalue weighted by Gasteiger charge is 2.19. The fraction of sp³-hybridized carbons (Fsp3) is 0.943. The van der Waals surface area contributed by atoms with E-state index in [0.717, 1.165) is 69.6 Å². The highest BCUT2D eigenvalue weighted by molar-refractivity contribution is 5.71. The van der Waals surface area contributed by atoms with Crippen molar-refractivity contribution in [2.45, 2.75) is 298 Å². The standard InChI is InChI=1S/C53H102O6/c1-6-8-9-10-11-12-13-16-21-24-29-35-40-45-53(56)59-50(47-58-52(55)44-39-34-30-25-26-31-36-41-48(3)4)46-57-51(54)43-38-33-28-23-20-18-15-14-17-19-22-27-32-37-42-49(5)7-2/h48-50H,6-47H2,1-5H3/t49?,50-/m1/s1. The van der Waals surface area contributed by atoms with E-state index in [9.17, 15) is 14.4 Å². The first kappa shape index (κ1) is 57.4. The number of ether oxygens (including phenoxy) is 3. The summed E-state index contributed by atoms with van der Waals surface area (Å²) in [6, 6.07) is 0. The van der Waals surface area contributed by atoms with Crippen LogP contribution in [0.25, 0.3) is 0 Å². The van der Waals surface area contributed by atoms with E-state index in [1.165, 1.54) is 180 Å². The van der Waals surface area contributed by atoms with Crippen LogP contribution in [0, 0.1) is 11.8 Å². The summed E-state index contributed by atoms with van der Waals surface area (Å²) in [5, 5.41) is 0. The second-order valence-electron chi connectivity index (χ2n) is 18.9. The van der Waals surface area contributed by atoms with Crippen molar-refractivity contribution >= 4 is 17.9 Å². The number of carbonyl (C=O) groups is 3. The number of unbranched alkanes of at least 4 members (excludes halogenated alkanes) is 31. The van der Waals surface area contributed by atoms with Crippen molar-refractivity contribution < 1.29 is 28.6 Å². The maximum Gasteiger partial charge on any atom is 0.306 e. The van der Waals surface area contributed by atoms with Gasteiger partial charge in [-0.3, -0.25) is 14.4 Å². The van der Waals surface area contributed by atoms with Crippen LogP contribution in [-0.2, 0) is 28.6 Å². The molecule has 0 spiro atoms. The fourth-order valence-corrected chi connectivity index (χ4v) is 7.96. The summed E-state index contributed by atoms with van der Waals surface area (Å²) in [6.45, 7) is 11.4. The lowest BCUT2D eigenvalue weighted by molar-refractivity contribution is -0.167. The molecule has 0 bridgehead atoms. The van der Waals surface area contributed by atoms with Gasteiger partial charge in [0.25, 0.3) is 0 Å². The molecule has 2 atom stereocenters. The monoisotopic (exact) mass is 835 g/mol. The molecule has 0 aliphatic carbocycles. The molecule has 0 amide bonds. The smallest absolute Gasteiger partial charge is 0.306 e. The van der Waals surface area contributed by atoms with E-state index in [2.05, 4.69) is 34.6 Å². The van der Waals surface area contributed by atoms with Crippen LogP contribution in [-0.4, -0.2) is 37.2 Å². The van der Waals surface area contributed by atoms with Gasteiger partial charge in [-0.25, -0.2) is 0 Å². The number of hydrogen-bond acceptors (Lipinski definition) is 6. The van der Waals surface area contributed by atoms with Crippen LogP contribution in [0.3, 0.4) is 0 Å². The first-order chi connectivity index (χ1) is 28.8. The van der Waals surface area contributed by atoms with Crippen molar-refractivity contribution in [3.05, 3.63) is 0 Å². The van der Waals surface area contributed by atoms with Crippen LogP contribution >= 0.6 is 0 Å². The van der Waals surface area contributed by atoms with E-state index in [4.69, 9.17) is 14.2 Å². The van der Waals surface area contributed by atoms with Crippen LogP contribution in [0.2, 0.25) is 0 Å². The molecular formula is C53H102O6. The van der Waals surface area contributed by atoms with Crippen LogP contribution in [0.1, 0.15) is 291 Å². The second kappa shape index (κ2) is 45.9. The average molecular weight is 835 g/mol. The molecule has 0 aromatic carbocycles.